The molecule has 0 aliphatic heterocycles. The summed E-state index contributed by atoms with van der Waals surface area (Å²) in [5.74, 6) is 1.92. The number of nitrogens with two attached hydrogens (primary N) is 1. The van der Waals surface area contributed by atoms with Gasteiger partial charge < -0.3 is 15.2 Å². The molecule has 0 fully saturated rings. The number of thioether (sulfide) groups is 1. The second kappa shape index (κ2) is 8.59. The van der Waals surface area contributed by atoms with Crippen LogP contribution in [0, 0.1) is 0 Å². The molecule has 3 aromatic rings. The van der Waals surface area contributed by atoms with Crippen molar-refractivity contribution < 1.29 is 14.3 Å². The number of benzene rings is 2. The van der Waals surface area contributed by atoms with Gasteiger partial charge in [-0.15, -0.1) is 10.2 Å². The third kappa shape index (κ3) is 4.40. The van der Waals surface area contributed by atoms with Crippen molar-refractivity contribution >= 4 is 17.7 Å². The van der Waals surface area contributed by atoms with Crippen molar-refractivity contribution in [2.45, 2.75) is 12.1 Å². The second-order valence-electron chi connectivity index (χ2n) is 5.55. The molecule has 8 heteroatoms. The first kappa shape index (κ1) is 18.8. The maximum absolute atomic E-state index is 11.2. The summed E-state index contributed by atoms with van der Waals surface area (Å²) in [5.41, 5.74) is 7.02. The Kier molecular flexibility index (Phi) is 5.97. The molecular weight excluding hydrogens is 364 g/mol. The molecule has 1 heterocycles. The number of hydrogen-bond acceptors (Lipinski definition) is 6. The van der Waals surface area contributed by atoms with Gasteiger partial charge in [0.2, 0.25) is 5.91 Å². The van der Waals surface area contributed by atoms with Gasteiger partial charge in [0.25, 0.3) is 0 Å². The number of methoxy groups -OCH3 is 1. The lowest BCUT2D eigenvalue weighted by atomic mass is 10.2. The van der Waals surface area contributed by atoms with Crippen molar-refractivity contribution in [2.75, 3.05) is 19.5 Å². The van der Waals surface area contributed by atoms with Crippen LogP contribution in [0.5, 0.6) is 11.5 Å². The smallest absolute Gasteiger partial charge is 0.227 e. The van der Waals surface area contributed by atoms with Crippen molar-refractivity contribution in [3.63, 3.8) is 0 Å². The quantitative estimate of drug-likeness (QED) is 0.600. The molecule has 2 N–H and O–H groups in total. The Morgan fingerprint density at radius 2 is 1.74 bits per heavy atom. The Bertz CT molecular complexity index is 908. The van der Waals surface area contributed by atoms with E-state index in [0.717, 1.165) is 22.7 Å². The third-order valence-corrected chi connectivity index (χ3v) is 4.68. The Morgan fingerprint density at radius 1 is 1.07 bits per heavy atom. The molecule has 0 bridgehead atoms. The first-order valence-corrected chi connectivity index (χ1v) is 9.35. The summed E-state index contributed by atoms with van der Waals surface area (Å²) < 4.78 is 12.6. The molecule has 0 aliphatic rings. The summed E-state index contributed by atoms with van der Waals surface area (Å²) in [6.45, 7) is 2.54. The van der Waals surface area contributed by atoms with Gasteiger partial charge in [-0.05, 0) is 55.5 Å². The molecule has 0 radical (unpaired) electrons. The van der Waals surface area contributed by atoms with Crippen LogP contribution in [-0.2, 0) is 4.79 Å². The normalized spacial score (nSPS) is 10.6. The van der Waals surface area contributed by atoms with Crippen molar-refractivity contribution in [2.24, 2.45) is 5.73 Å². The summed E-state index contributed by atoms with van der Waals surface area (Å²) in [4.78, 5) is 11.2. The zero-order valence-electron chi connectivity index (χ0n) is 15.1. The highest BCUT2D eigenvalue weighted by molar-refractivity contribution is 7.99. The number of aromatic nitrogens is 3. The summed E-state index contributed by atoms with van der Waals surface area (Å²) in [6, 6.07) is 15.2. The van der Waals surface area contributed by atoms with Crippen LogP contribution < -0.4 is 15.2 Å². The molecule has 2 aromatic carbocycles. The molecule has 1 amide bonds. The van der Waals surface area contributed by atoms with Crippen LogP contribution in [-0.4, -0.2) is 40.1 Å². The average molecular weight is 384 g/mol. The Morgan fingerprint density at radius 3 is 2.33 bits per heavy atom. The SMILES string of the molecule is CCOc1ccc(-n2c(SCC(N)=O)nnc2-c2ccc(OC)cc2)cc1. The lowest BCUT2D eigenvalue weighted by Crippen LogP contribution is -2.13. The van der Waals surface area contributed by atoms with Crippen LogP contribution in [0.2, 0.25) is 0 Å². The van der Waals surface area contributed by atoms with Crippen molar-refractivity contribution in [1.29, 1.82) is 0 Å². The summed E-state index contributed by atoms with van der Waals surface area (Å²) in [6.07, 6.45) is 0. The molecule has 27 heavy (non-hydrogen) atoms. The van der Waals surface area contributed by atoms with Crippen molar-refractivity contribution in [3.05, 3.63) is 48.5 Å². The standard InChI is InChI=1S/C19H20N4O3S/c1-3-26-16-10-6-14(7-11-16)23-18(13-4-8-15(25-2)9-5-13)21-22-19(23)27-12-17(20)24/h4-11H,3,12H2,1-2H3,(H2,20,24). The van der Waals surface area contributed by atoms with Gasteiger partial charge in [-0.2, -0.15) is 0 Å². The summed E-state index contributed by atoms with van der Waals surface area (Å²) in [7, 11) is 1.62. The van der Waals surface area contributed by atoms with E-state index in [-0.39, 0.29) is 5.75 Å². The number of primary amides is 1. The van der Waals surface area contributed by atoms with Crippen LogP contribution >= 0.6 is 11.8 Å². The minimum absolute atomic E-state index is 0.123. The highest BCUT2D eigenvalue weighted by Gasteiger charge is 2.17. The van der Waals surface area contributed by atoms with Gasteiger partial charge in [-0.25, -0.2) is 0 Å². The van der Waals surface area contributed by atoms with Crippen molar-refractivity contribution in [1.82, 2.24) is 14.8 Å². The van der Waals surface area contributed by atoms with Crippen LogP contribution in [0.3, 0.4) is 0 Å². The first-order chi connectivity index (χ1) is 13.1. The fourth-order valence-corrected chi connectivity index (χ4v) is 3.21. The number of ether oxygens (including phenoxy) is 2. The zero-order chi connectivity index (χ0) is 19.2. The van der Waals surface area contributed by atoms with Crippen molar-refractivity contribution in [3.8, 4) is 28.6 Å². The fraction of sp³-hybridized carbons (Fsp3) is 0.211. The minimum Gasteiger partial charge on any atom is -0.497 e. The lowest BCUT2D eigenvalue weighted by molar-refractivity contribution is -0.115. The van der Waals surface area contributed by atoms with Gasteiger partial charge in [-0.3, -0.25) is 9.36 Å². The maximum atomic E-state index is 11.2. The number of carbonyl (C=O) groups excluding carboxylic acids is 1. The number of rotatable bonds is 8. The monoisotopic (exact) mass is 384 g/mol. The van der Waals surface area contributed by atoms with Gasteiger partial charge in [0, 0.05) is 11.3 Å². The molecular formula is C19H20N4O3S. The molecule has 1 aromatic heterocycles. The molecule has 7 nitrogen and oxygen atoms in total. The van der Waals surface area contributed by atoms with Crippen LogP contribution in [0.1, 0.15) is 6.92 Å². The van der Waals surface area contributed by atoms with Gasteiger partial charge >= 0.3 is 0 Å². The number of hydrogen-bond donors (Lipinski definition) is 1. The first-order valence-electron chi connectivity index (χ1n) is 8.36. The number of nitrogens with zero attached hydrogens (tertiary/aromatic N) is 3. The molecule has 0 aliphatic carbocycles. The van der Waals surface area contributed by atoms with E-state index in [4.69, 9.17) is 15.2 Å². The highest BCUT2D eigenvalue weighted by Crippen LogP contribution is 2.29. The molecule has 0 atom stereocenters. The van der Waals surface area contributed by atoms with Gasteiger partial charge in [-0.1, -0.05) is 11.8 Å². The Balaban J connectivity index is 2.03. The van der Waals surface area contributed by atoms with E-state index in [9.17, 15) is 4.79 Å². The van der Waals surface area contributed by atoms with E-state index in [1.54, 1.807) is 7.11 Å². The molecule has 0 saturated carbocycles. The van der Waals surface area contributed by atoms with Crippen LogP contribution in [0.25, 0.3) is 17.1 Å². The number of amides is 1. The topological polar surface area (TPSA) is 92.3 Å². The summed E-state index contributed by atoms with van der Waals surface area (Å²) >= 11 is 1.25. The zero-order valence-corrected chi connectivity index (χ0v) is 15.9. The van der Waals surface area contributed by atoms with E-state index in [1.165, 1.54) is 11.8 Å². The maximum Gasteiger partial charge on any atom is 0.227 e. The van der Waals surface area contributed by atoms with Gasteiger partial charge in [0.05, 0.1) is 19.5 Å². The van der Waals surface area contributed by atoms with E-state index in [0.29, 0.717) is 17.6 Å². The highest BCUT2D eigenvalue weighted by atomic mass is 32.2. The second-order valence-corrected chi connectivity index (χ2v) is 6.49. The Labute approximate surface area is 161 Å². The van der Waals surface area contributed by atoms with E-state index in [2.05, 4.69) is 10.2 Å². The molecule has 140 valence electrons. The summed E-state index contributed by atoms with van der Waals surface area (Å²) in [5, 5.41) is 9.16. The van der Waals surface area contributed by atoms with E-state index < -0.39 is 5.91 Å². The molecule has 0 unspecified atom stereocenters. The number of carbonyl (C=O) groups is 1. The minimum atomic E-state index is -0.410. The Hall–Kier alpha value is -3.00. The lowest BCUT2D eigenvalue weighted by Gasteiger charge is -2.11. The predicted octanol–water partition coefficient (Wildman–Crippen LogP) is 2.92. The fourth-order valence-electron chi connectivity index (χ4n) is 2.52. The molecule has 0 spiro atoms. The van der Waals surface area contributed by atoms with Crippen LogP contribution in [0.4, 0.5) is 0 Å². The van der Waals surface area contributed by atoms with Gasteiger partial charge in [0.15, 0.2) is 11.0 Å². The van der Waals surface area contributed by atoms with Gasteiger partial charge in [0.1, 0.15) is 11.5 Å². The van der Waals surface area contributed by atoms with Crippen LogP contribution in [0.15, 0.2) is 53.7 Å². The van der Waals surface area contributed by atoms with E-state index in [1.807, 2.05) is 60.0 Å². The third-order valence-electron chi connectivity index (χ3n) is 3.73. The molecule has 3 rings (SSSR count). The predicted molar refractivity (Wildman–Crippen MR) is 104 cm³/mol. The average Bonchev–Trinajstić information content (AvgIpc) is 3.11. The largest absolute Gasteiger partial charge is 0.497 e. The van der Waals surface area contributed by atoms with E-state index >= 15 is 0 Å². The molecule has 0 saturated heterocycles.